The van der Waals surface area contributed by atoms with E-state index in [2.05, 4.69) is 25.5 Å². The first-order valence-electron chi connectivity index (χ1n) is 8.84. The quantitative estimate of drug-likeness (QED) is 0.359. The van der Waals surface area contributed by atoms with E-state index in [1.165, 1.54) is 12.1 Å². The normalized spacial score (nSPS) is 12.0. The molecule has 0 aliphatic carbocycles. The number of anilines is 2. The molecule has 5 rings (SSSR count). The van der Waals surface area contributed by atoms with Gasteiger partial charge in [-0.25, -0.2) is 4.98 Å². The lowest BCUT2D eigenvalue weighted by Gasteiger charge is -2.12. The van der Waals surface area contributed by atoms with Crippen LogP contribution in [0.2, 0.25) is 0 Å². The molecule has 2 heterocycles. The minimum Gasteiger partial charge on any atom is -0.325 e. The summed E-state index contributed by atoms with van der Waals surface area (Å²) in [5, 5.41) is 10.7. The maximum absolute atomic E-state index is 13.2. The van der Waals surface area contributed by atoms with Crippen LogP contribution in [0.1, 0.15) is 5.56 Å². The van der Waals surface area contributed by atoms with Crippen molar-refractivity contribution in [3.05, 3.63) is 72.4 Å². The van der Waals surface area contributed by atoms with Gasteiger partial charge in [0.1, 0.15) is 0 Å². The van der Waals surface area contributed by atoms with Crippen LogP contribution in [0, 0.1) is 0 Å². The fraction of sp³-hybridized carbons (Fsp3) is 0.0476. The number of fused-ring (bicyclic) bond motifs is 2. The summed E-state index contributed by atoms with van der Waals surface area (Å²) in [6, 6.07) is 17.0. The van der Waals surface area contributed by atoms with Crippen LogP contribution < -0.4 is 5.32 Å². The second-order valence-corrected chi connectivity index (χ2v) is 6.66. The Balaban J connectivity index is 1.50. The lowest BCUT2D eigenvalue weighted by atomic mass is 10.0. The van der Waals surface area contributed by atoms with E-state index >= 15 is 0 Å². The molecule has 3 aromatic carbocycles. The summed E-state index contributed by atoms with van der Waals surface area (Å²) in [6.45, 7) is 0. The second kappa shape index (κ2) is 6.37. The highest BCUT2D eigenvalue weighted by Crippen LogP contribution is 2.36. The predicted octanol–water partition coefficient (Wildman–Crippen LogP) is 5.87. The third kappa shape index (κ3) is 3.18. The van der Waals surface area contributed by atoms with Gasteiger partial charge < -0.3 is 10.3 Å². The Morgan fingerprint density at radius 2 is 1.66 bits per heavy atom. The molecule has 144 valence electrons. The van der Waals surface area contributed by atoms with Gasteiger partial charge in [-0.15, -0.1) is 0 Å². The monoisotopic (exact) mass is 393 g/mol. The van der Waals surface area contributed by atoms with Crippen molar-refractivity contribution in [2.24, 2.45) is 0 Å². The zero-order valence-corrected chi connectivity index (χ0v) is 14.9. The molecule has 2 aromatic heterocycles. The molecule has 0 atom stereocenters. The van der Waals surface area contributed by atoms with Crippen molar-refractivity contribution < 1.29 is 13.2 Å². The minimum absolute atomic E-state index is 0.0519. The Bertz CT molecular complexity index is 1330. The molecule has 0 aliphatic heterocycles. The van der Waals surface area contributed by atoms with Crippen molar-refractivity contribution >= 4 is 33.6 Å². The highest BCUT2D eigenvalue weighted by Gasteiger charge is 2.33. The van der Waals surface area contributed by atoms with Crippen molar-refractivity contribution in [1.29, 1.82) is 0 Å². The first-order valence-corrected chi connectivity index (χ1v) is 8.84. The van der Waals surface area contributed by atoms with Crippen LogP contribution in [-0.2, 0) is 6.18 Å². The average molecular weight is 393 g/mol. The van der Waals surface area contributed by atoms with Crippen LogP contribution in [0.3, 0.4) is 0 Å². The molecule has 0 aliphatic rings. The lowest BCUT2D eigenvalue weighted by Crippen LogP contribution is -2.08. The molecular formula is C21H14F3N5. The summed E-state index contributed by atoms with van der Waals surface area (Å²) < 4.78 is 39.6. The molecule has 0 fully saturated rings. The molecule has 0 saturated heterocycles. The molecule has 0 unspecified atom stereocenters. The van der Waals surface area contributed by atoms with Gasteiger partial charge in [-0.3, -0.25) is 5.10 Å². The molecular weight excluding hydrogens is 379 g/mol. The standard InChI is InChI=1S/C21H14F3N5/c22-21(23,24)15-3-1-2-4-16(15)26-20-27-17-8-7-13(10-19(17)28-20)12-5-6-14-11-25-29-18(14)9-12/h1-11H,(H,25,29)(H2,26,27,28). The highest BCUT2D eigenvalue weighted by atomic mass is 19.4. The van der Waals surface area contributed by atoms with Gasteiger partial charge >= 0.3 is 6.18 Å². The van der Waals surface area contributed by atoms with Gasteiger partial charge in [-0.1, -0.05) is 30.3 Å². The molecule has 0 amide bonds. The van der Waals surface area contributed by atoms with Crippen LogP contribution in [0.4, 0.5) is 24.8 Å². The van der Waals surface area contributed by atoms with Gasteiger partial charge in [-0.05, 0) is 41.5 Å². The first kappa shape index (κ1) is 17.3. The smallest absolute Gasteiger partial charge is 0.325 e. The number of benzene rings is 3. The second-order valence-electron chi connectivity index (χ2n) is 6.66. The molecule has 5 aromatic rings. The Morgan fingerprint density at radius 3 is 2.52 bits per heavy atom. The summed E-state index contributed by atoms with van der Waals surface area (Å²) in [6.07, 6.45) is -2.69. The van der Waals surface area contributed by atoms with E-state index in [0.29, 0.717) is 5.52 Å². The summed E-state index contributed by atoms with van der Waals surface area (Å²) in [5.74, 6) is 0.248. The van der Waals surface area contributed by atoms with Gasteiger partial charge in [0.2, 0.25) is 5.95 Å². The summed E-state index contributed by atoms with van der Waals surface area (Å²) in [5.41, 5.74) is 3.45. The van der Waals surface area contributed by atoms with E-state index in [1.807, 2.05) is 36.4 Å². The fourth-order valence-corrected chi connectivity index (χ4v) is 3.33. The zero-order valence-electron chi connectivity index (χ0n) is 14.9. The zero-order chi connectivity index (χ0) is 20.0. The number of H-pyrrole nitrogens is 2. The third-order valence-corrected chi connectivity index (χ3v) is 4.74. The van der Waals surface area contributed by atoms with Crippen molar-refractivity contribution in [3.63, 3.8) is 0 Å². The number of hydrogen-bond acceptors (Lipinski definition) is 3. The van der Waals surface area contributed by atoms with E-state index in [1.54, 1.807) is 12.3 Å². The highest BCUT2D eigenvalue weighted by molar-refractivity contribution is 5.88. The number of para-hydroxylation sites is 1. The number of aromatic nitrogens is 4. The van der Waals surface area contributed by atoms with Crippen LogP contribution in [0.5, 0.6) is 0 Å². The summed E-state index contributed by atoms with van der Waals surface area (Å²) in [7, 11) is 0. The van der Waals surface area contributed by atoms with Crippen molar-refractivity contribution in [2.45, 2.75) is 6.18 Å². The molecule has 0 radical (unpaired) electrons. The predicted molar refractivity (Wildman–Crippen MR) is 106 cm³/mol. The van der Waals surface area contributed by atoms with Crippen molar-refractivity contribution in [1.82, 2.24) is 20.2 Å². The van der Waals surface area contributed by atoms with Gasteiger partial charge in [0.25, 0.3) is 0 Å². The number of imidazole rings is 1. The Labute approximate surface area is 162 Å². The number of hydrogen-bond donors (Lipinski definition) is 3. The van der Waals surface area contributed by atoms with E-state index in [0.717, 1.165) is 33.6 Å². The molecule has 5 nitrogen and oxygen atoms in total. The average Bonchev–Trinajstić information content (AvgIpc) is 3.32. The number of nitrogens with one attached hydrogen (secondary N) is 3. The van der Waals surface area contributed by atoms with Gasteiger partial charge in [-0.2, -0.15) is 18.3 Å². The Hall–Kier alpha value is -3.81. The van der Waals surface area contributed by atoms with Crippen molar-refractivity contribution in [2.75, 3.05) is 5.32 Å². The van der Waals surface area contributed by atoms with Crippen LogP contribution >= 0.6 is 0 Å². The maximum Gasteiger partial charge on any atom is 0.418 e. The first-order chi connectivity index (χ1) is 14.0. The van der Waals surface area contributed by atoms with E-state index in [4.69, 9.17) is 0 Å². The topological polar surface area (TPSA) is 69.4 Å². The number of aromatic amines is 2. The third-order valence-electron chi connectivity index (χ3n) is 4.74. The Kier molecular flexibility index (Phi) is 3.80. The summed E-state index contributed by atoms with van der Waals surface area (Å²) in [4.78, 5) is 7.44. The van der Waals surface area contributed by atoms with E-state index < -0.39 is 11.7 Å². The van der Waals surface area contributed by atoms with E-state index in [9.17, 15) is 13.2 Å². The molecule has 0 spiro atoms. The van der Waals surface area contributed by atoms with Crippen LogP contribution in [0.15, 0.2) is 66.9 Å². The van der Waals surface area contributed by atoms with Crippen LogP contribution in [-0.4, -0.2) is 20.2 Å². The molecule has 29 heavy (non-hydrogen) atoms. The molecule has 0 saturated carbocycles. The fourth-order valence-electron chi connectivity index (χ4n) is 3.33. The number of alkyl halides is 3. The maximum atomic E-state index is 13.2. The lowest BCUT2D eigenvalue weighted by molar-refractivity contribution is -0.136. The largest absolute Gasteiger partial charge is 0.418 e. The number of nitrogens with zero attached hydrogens (tertiary/aromatic N) is 2. The van der Waals surface area contributed by atoms with E-state index in [-0.39, 0.29) is 11.6 Å². The number of halogens is 3. The summed E-state index contributed by atoms with van der Waals surface area (Å²) >= 11 is 0. The molecule has 3 N–H and O–H groups in total. The number of rotatable bonds is 3. The van der Waals surface area contributed by atoms with Gasteiger partial charge in [0.05, 0.1) is 34.0 Å². The van der Waals surface area contributed by atoms with Crippen LogP contribution in [0.25, 0.3) is 33.1 Å². The molecule has 0 bridgehead atoms. The Morgan fingerprint density at radius 1 is 0.862 bits per heavy atom. The van der Waals surface area contributed by atoms with Gasteiger partial charge in [0.15, 0.2) is 0 Å². The molecule has 8 heteroatoms. The minimum atomic E-state index is -4.45. The van der Waals surface area contributed by atoms with Gasteiger partial charge in [0, 0.05) is 5.39 Å². The SMILES string of the molecule is FC(F)(F)c1ccccc1Nc1nc2cc(-c3ccc4cn[nH]c4c3)ccc2[nH]1. The van der Waals surface area contributed by atoms with Crippen molar-refractivity contribution in [3.8, 4) is 11.1 Å².